The Hall–Kier alpha value is -3.42. The highest BCUT2D eigenvalue weighted by molar-refractivity contribution is 5.91. The lowest BCUT2D eigenvalue weighted by Crippen LogP contribution is -2.34. The van der Waals surface area contributed by atoms with E-state index in [0.29, 0.717) is 17.7 Å². The van der Waals surface area contributed by atoms with Crippen LogP contribution in [0.25, 0.3) is 0 Å². The number of nitro benzene ring substituents is 1. The second kappa shape index (κ2) is 9.39. The Labute approximate surface area is 174 Å². The number of rotatable bonds is 7. The molecule has 1 unspecified atom stereocenters. The molecular weight excluding hydrogens is 386 g/mol. The third kappa shape index (κ3) is 4.59. The van der Waals surface area contributed by atoms with Gasteiger partial charge in [0.05, 0.1) is 16.4 Å². The van der Waals surface area contributed by atoms with Crippen molar-refractivity contribution in [2.75, 3.05) is 24.5 Å². The Kier molecular flexibility index (Phi) is 6.66. The fraction of sp³-hybridized carbons (Fsp3) is 0.364. The first-order valence-electron chi connectivity index (χ1n) is 10.1. The smallest absolute Gasteiger partial charge is 0.335 e. The maximum absolute atomic E-state index is 13.1. The van der Waals surface area contributed by atoms with Crippen molar-refractivity contribution in [2.45, 2.75) is 32.1 Å². The number of benzene rings is 2. The van der Waals surface area contributed by atoms with E-state index >= 15 is 0 Å². The second-order valence-corrected chi connectivity index (χ2v) is 7.30. The molecule has 0 spiro atoms. The standard InChI is InChI=1S/C22H25N3O5/c1-2-23-21(26)20(15-6-8-16(9-7-15)22(27)28)18-14-17(25(29)30)10-11-19(18)24-12-4-3-5-13-24/h6-11,14,20H,2-5,12-13H2,1H3,(H,23,26)(H,27,28). The minimum absolute atomic E-state index is 0.0813. The Morgan fingerprint density at radius 3 is 2.37 bits per heavy atom. The number of non-ortho nitro benzene ring substituents is 1. The molecule has 1 aliphatic heterocycles. The molecule has 2 aromatic carbocycles. The van der Waals surface area contributed by atoms with Crippen LogP contribution in [0, 0.1) is 10.1 Å². The highest BCUT2D eigenvalue weighted by Crippen LogP contribution is 2.37. The van der Waals surface area contributed by atoms with Gasteiger partial charge in [0.15, 0.2) is 0 Å². The van der Waals surface area contributed by atoms with Gasteiger partial charge in [0.2, 0.25) is 5.91 Å². The van der Waals surface area contributed by atoms with E-state index in [1.807, 2.05) is 6.92 Å². The first kappa shape index (κ1) is 21.3. The number of aromatic carboxylic acids is 1. The number of amides is 1. The van der Waals surface area contributed by atoms with Crippen LogP contribution >= 0.6 is 0 Å². The van der Waals surface area contributed by atoms with Crippen LogP contribution in [0.5, 0.6) is 0 Å². The molecule has 1 atom stereocenters. The Bertz CT molecular complexity index is 936. The minimum atomic E-state index is -1.06. The van der Waals surface area contributed by atoms with Crippen LogP contribution in [-0.4, -0.2) is 41.5 Å². The third-order valence-electron chi connectivity index (χ3n) is 5.33. The summed E-state index contributed by atoms with van der Waals surface area (Å²) in [4.78, 5) is 37.4. The third-order valence-corrected chi connectivity index (χ3v) is 5.33. The summed E-state index contributed by atoms with van der Waals surface area (Å²) in [5.41, 5.74) is 1.98. The summed E-state index contributed by atoms with van der Waals surface area (Å²) < 4.78 is 0. The molecule has 158 valence electrons. The zero-order valence-electron chi connectivity index (χ0n) is 16.8. The summed E-state index contributed by atoms with van der Waals surface area (Å²) >= 11 is 0. The van der Waals surface area contributed by atoms with Crippen LogP contribution in [0.4, 0.5) is 11.4 Å². The molecule has 0 saturated carbocycles. The number of nitro groups is 1. The van der Waals surface area contributed by atoms with Crippen molar-refractivity contribution in [3.05, 3.63) is 69.3 Å². The fourth-order valence-corrected chi connectivity index (χ4v) is 3.88. The van der Waals surface area contributed by atoms with E-state index in [2.05, 4.69) is 10.2 Å². The number of piperidine rings is 1. The number of nitrogens with one attached hydrogen (secondary N) is 1. The Balaban J connectivity index is 2.14. The van der Waals surface area contributed by atoms with E-state index in [0.717, 1.165) is 38.0 Å². The molecule has 0 aliphatic carbocycles. The molecule has 1 heterocycles. The number of hydrogen-bond donors (Lipinski definition) is 2. The highest BCUT2D eigenvalue weighted by atomic mass is 16.6. The number of anilines is 1. The molecule has 0 aromatic heterocycles. The van der Waals surface area contributed by atoms with Gasteiger partial charge in [-0.05, 0) is 55.5 Å². The molecule has 1 amide bonds. The maximum Gasteiger partial charge on any atom is 0.335 e. The largest absolute Gasteiger partial charge is 0.478 e. The van der Waals surface area contributed by atoms with Crippen LogP contribution in [-0.2, 0) is 4.79 Å². The van der Waals surface area contributed by atoms with E-state index < -0.39 is 16.8 Å². The molecule has 2 aromatic rings. The first-order chi connectivity index (χ1) is 14.4. The molecule has 0 bridgehead atoms. The van der Waals surface area contributed by atoms with Gasteiger partial charge in [0.1, 0.15) is 0 Å². The van der Waals surface area contributed by atoms with Crippen LogP contribution in [0.1, 0.15) is 53.6 Å². The Morgan fingerprint density at radius 1 is 1.13 bits per heavy atom. The molecular formula is C22H25N3O5. The van der Waals surface area contributed by atoms with Gasteiger partial charge in [-0.3, -0.25) is 14.9 Å². The molecule has 1 saturated heterocycles. The number of likely N-dealkylation sites (N-methyl/N-ethyl adjacent to an activating group) is 1. The van der Waals surface area contributed by atoms with E-state index in [-0.39, 0.29) is 17.2 Å². The summed E-state index contributed by atoms with van der Waals surface area (Å²) in [6, 6.07) is 10.7. The molecule has 1 aliphatic rings. The Morgan fingerprint density at radius 2 is 1.80 bits per heavy atom. The molecule has 8 nitrogen and oxygen atoms in total. The summed E-state index contributed by atoms with van der Waals surface area (Å²) in [5, 5.41) is 23.4. The van der Waals surface area contributed by atoms with Crippen molar-refractivity contribution in [1.82, 2.24) is 5.32 Å². The molecule has 1 fully saturated rings. The van der Waals surface area contributed by atoms with Crippen LogP contribution < -0.4 is 10.2 Å². The SMILES string of the molecule is CCNC(=O)C(c1ccc(C(=O)O)cc1)c1cc([N+](=O)[O-])ccc1N1CCCCC1. The monoisotopic (exact) mass is 411 g/mol. The average molecular weight is 411 g/mol. The predicted molar refractivity (Wildman–Crippen MR) is 113 cm³/mol. The van der Waals surface area contributed by atoms with Crippen molar-refractivity contribution >= 4 is 23.3 Å². The summed E-state index contributed by atoms with van der Waals surface area (Å²) in [5.74, 6) is -2.12. The lowest BCUT2D eigenvalue weighted by molar-refractivity contribution is -0.384. The van der Waals surface area contributed by atoms with Gasteiger partial charge in [-0.15, -0.1) is 0 Å². The zero-order valence-corrected chi connectivity index (χ0v) is 16.8. The van der Waals surface area contributed by atoms with Gasteiger partial charge >= 0.3 is 5.97 Å². The molecule has 0 radical (unpaired) electrons. The highest BCUT2D eigenvalue weighted by Gasteiger charge is 2.29. The van der Waals surface area contributed by atoms with Gasteiger partial charge in [0, 0.05) is 37.5 Å². The van der Waals surface area contributed by atoms with Gasteiger partial charge in [0.25, 0.3) is 5.69 Å². The number of carboxylic acids is 1. The summed E-state index contributed by atoms with van der Waals surface area (Å²) in [7, 11) is 0. The average Bonchev–Trinajstić information content (AvgIpc) is 2.75. The van der Waals surface area contributed by atoms with E-state index in [1.165, 1.54) is 24.3 Å². The fourth-order valence-electron chi connectivity index (χ4n) is 3.88. The topological polar surface area (TPSA) is 113 Å². The van der Waals surface area contributed by atoms with Crippen molar-refractivity contribution < 1.29 is 19.6 Å². The lowest BCUT2D eigenvalue weighted by atomic mass is 9.87. The lowest BCUT2D eigenvalue weighted by Gasteiger charge is -2.32. The summed E-state index contributed by atoms with van der Waals surface area (Å²) in [6.07, 6.45) is 3.18. The van der Waals surface area contributed by atoms with Crippen molar-refractivity contribution in [3.63, 3.8) is 0 Å². The summed E-state index contributed by atoms with van der Waals surface area (Å²) in [6.45, 7) is 3.87. The predicted octanol–water partition coefficient (Wildman–Crippen LogP) is 3.55. The van der Waals surface area contributed by atoms with E-state index in [1.54, 1.807) is 18.2 Å². The zero-order chi connectivity index (χ0) is 21.7. The van der Waals surface area contributed by atoms with E-state index in [9.17, 15) is 24.8 Å². The van der Waals surface area contributed by atoms with Gasteiger partial charge in [-0.2, -0.15) is 0 Å². The van der Waals surface area contributed by atoms with Crippen molar-refractivity contribution in [2.24, 2.45) is 0 Å². The molecule has 8 heteroatoms. The first-order valence-corrected chi connectivity index (χ1v) is 10.1. The maximum atomic E-state index is 13.1. The van der Waals surface area contributed by atoms with Crippen LogP contribution in [0.15, 0.2) is 42.5 Å². The second-order valence-electron chi connectivity index (χ2n) is 7.30. The normalized spacial score (nSPS) is 14.8. The van der Waals surface area contributed by atoms with Crippen LogP contribution in [0.3, 0.4) is 0 Å². The quantitative estimate of drug-likeness (QED) is 0.532. The van der Waals surface area contributed by atoms with Gasteiger partial charge in [-0.25, -0.2) is 4.79 Å². The van der Waals surface area contributed by atoms with E-state index in [4.69, 9.17) is 0 Å². The molecule has 3 rings (SSSR count). The minimum Gasteiger partial charge on any atom is -0.478 e. The number of carbonyl (C=O) groups excluding carboxylic acids is 1. The molecule has 30 heavy (non-hydrogen) atoms. The van der Waals surface area contributed by atoms with Gasteiger partial charge in [-0.1, -0.05) is 12.1 Å². The number of carbonyl (C=O) groups is 2. The van der Waals surface area contributed by atoms with Crippen molar-refractivity contribution in [3.8, 4) is 0 Å². The van der Waals surface area contributed by atoms with Crippen molar-refractivity contribution in [1.29, 1.82) is 0 Å². The molecule has 2 N–H and O–H groups in total. The van der Waals surface area contributed by atoms with Crippen LogP contribution in [0.2, 0.25) is 0 Å². The number of nitrogens with zero attached hydrogens (tertiary/aromatic N) is 2. The number of hydrogen-bond acceptors (Lipinski definition) is 5. The van der Waals surface area contributed by atoms with Gasteiger partial charge < -0.3 is 15.3 Å². The number of carboxylic acid groups (broad SMARTS) is 1.